The van der Waals surface area contributed by atoms with Crippen molar-refractivity contribution in [2.45, 2.75) is 45.6 Å². The highest BCUT2D eigenvalue weighted by atomic mass is 16.5. The van der Waals surface area contributed by atoms with Gasteiger partial charge in [-0.3, -0.25) is 14.6 Å². The van der Waals surface area contributed by atoms with Crippen molar-refractivity contribution < 1.29 is 14.3 Å². The maximum Gasteiger partial charge on any atom is 0.231 e. The van der Waals surface area contributed by atoms with Crippen LogP contribution in [-0.2, 0) is 20.9 Å². The van der Waals surface area contributed by atoms with E-state index in [0.717, 1.165) is 56.6 Å². The third kappa shape index (κ3) is 3.72. The van der Waals surface area contributed by atoms with Gasteiger partial charge in [0.25, 0.3) is 0 Å². The number of carbonyl (C=O) groups excluding carboxylic acids is 2. The first-order valence-corrected chi connectivity index (χ1v) is 10.2. The third-order valence-electron chi connectivity index (χ3n) is 6.36. The molecule has 3 fully saturated rings. The van der Waals surface area contributed by atoms with Gasteiger partial charge in [-0.1, -0.05) is 6.07 Å². The van der Waals surface area contributed by atoms with Crippen LogP contribution in [0, 0.1) is 18.3 Å². The van der Waals surface area contributed by atoms with Gasteiger partial charge in [0.15, 0.2) is 0 Å². The molecule has 0 saturated carbocycles. The normalized spacial score (nSPS) is 26.8. The monoisotopic (exact) mass is 371 g/mol. The standard InChI is InChI=1S/C21H29N3O3/c1-16-4-2-5-18(22-16)14-23-11-9-21(20(23)26)8-3-10-24(15-21)19(25)17-6-12-27-13-7-17/h2,4-5,17H,3,6-15H2,1H3. The van der Waals surface area contributed by atoms with Crippen LogP contribution in [0.5, 0.6) is 0 Å². The quantitative estimate of drug-likeness (QED) is 0.817. The van der Waals surface area contributed by atoms with E-state index in [1.54, 1.807) is 0 Å². The van der Waals surface area contributed by atoms with Crippen LogP contribution in [0.2, 0.25) is 0 Å². The summed E-state index contributed by atoms with van der Waals surface area (Å²) in [4.78, 5) is 34.6. The minimum absolute atomic E-state index is 0.0676. The van der Waals surface area contributed by atoms with Crippen molar-refractivity contribution in [1.82, 2.24) is 14.8 Å². The van der Waals surface area contributed by atoms with Gasteiger partial charge in [0.05, 0.1) is 17.7 Å². The van der Waals surface area contributed by atoms with E-state index in [1.807, 2.05) is 34.9 Å². The molecule has 1 unspecified atom stereocenters. The Labute approximate surface area is 160 Å². The second-order valence-electron chi connectivity index (χ2n) is 8.28. The molecule has 1 spiro atoms. The van der Waals surface area contributed by atoms with Gasteiger partial charge in [0, 0.05) is 44.5 Å². The highest BCUT2D eigenvalue weighted by Gasteiger charge is 2.50. The fraction of sp³-hybridized carbons (Fsp3) is 0.667. The number of amides is 2. The number of ether oxygens (including phenoxy) is 1. The first-order valence-electron chi connectivity index (χ1n) is 10.2. The lowest BCUT2D eigenvalue weighted by molar-refractivity contribution is -0.147. The third-order valence-corrected chi connectivity index (χ3v) is 6.36. The smallest absolute Gasteiger partial charge is 0.231 e. The van der Waals surface area contributed by atoms with E-state index in [2.05, 4.69) is 4.98 Å². The minimum Gasteiger partial charge on any atom is -0.381 e. The zero-order chi connectivity index (χ0) is 18.9. The van der Waals surface area contributed by atoms with E-state index in [1.165, 1.54) is 0 Å². The molecular weight excluding hydrogens is 342 g/mol. The van der Waals surface area contributed by atoms with E-state index in [0.29, 0.717) is 26.3 Å². The van der Waals surface area contributed by atoms with Crippen LogP contribution in [0.15, 0.2) is 18.2 Å². The van der Waals surface area contributed by atoms with Crippen LogP contribution in [0.3, 0.4) is 0 Å². The summed E-state index contributed by atoms with van der Waals surface area (Å²) in [7, 11) is 0. The van der Waals surface area contributed by atoms with E-state index in [4.69, 9.17) is 4.74 Å². The van der Waals surface area contributed by atoms with Crippen molar-refractivity contribution in [1.29, 1.82) is 0 Å². The summed E-state index contributed by atoms with van der Waals surface area (Å²) >= 11 is 0. The summed E-state index contributed by atoms with van der Waals surface area (Å²) in [5, 5.41) is 0. The Morgan fingerprint density at radius 1 is 1.26 bits per heavy atom. The molecule has 0 N–H and O–H groups in total. The molecule has 0 aliphatic carbocycles. The molecule has 3 aliphatic heterocycles. The van der Waals surface area contributed by atoms with Gasteiger partial charge in [-0.2, -0.15) is 0 Å². The Balaban J connectivity index is 1.43. The second-order valence-corrected chi connectivity index (χ2v) is 8.28. The van der Waals surface area contributed by atoms with E-state index in [-0.39, 0.29) is 23.1 Å². The molecule has 2 amide bonds. The summed E-state index contributed by atoms with van der Waals surface area (Å²) in [6.07, 6.45) is 4.26. The number of hydrogen-bond acceptors (Lipinski definition) is 4. The molecule has 146 valence electrons. The van der Waals surface area contributed by atoms with Gasteiger partial charge in [-0.05, 0) is 51.2 Å². The zero-order valence-corrected chi connectivity index (χ0v) is 16.2. The van der Waals surface area contributed by atoms with Crippen LogP contribution in [0.25, 0.3) is 0 Å². The number of carbonyl (C=O) groups is 2. The minimum atomic E-state index is -0.386. The number of nitrogens with zero attached hydrogens (tertiary/aromatic N) is 3. The lowest BCUT2D eigenvalue weighted by Crippen LogP contribution is -2.51. The fourth-order valence-corrected chi connectivity index (χ4v) is 4.83. The average molecular weight is 371 g/mol. The molecule has 0 radical (unpaired) electrons. The number of pyridine rings is 1. The number of hydrogen-bond donors (Lipinski definition) is 0. The fourth-order valence-electron chi connectivity index (χ4n) is 4.83. The summed E-state index contributed by atoms with van der Waals surface area (Å²) in [6, 6.07) is 5.94. The van der Waals surface area contributed by atoms with Crippen molar-refractivity contribution in [3.05, 3.63) is 29.6 Å². The SMILES string of the molecule is Cc1cccc(CN2CCC3(CCCN(C(=O)C4CCOCC4)C3)C2=O)n1. The van der Waals surface area contributed by atoms with E-state index >= 15 is 0 Å². The number of aryl methyl sites for hydroxylation is 1. The Morgan fingerprint density at radius 2 is 2.07 bits per heavy atom. The maximum absolute atomic E-state index is 13.3. The predicted molar refractivity (Wildman–Crippen MR) is 101 cm³/mol. The topological polar surface area (TPSA) is 62.7 Å². The Hall–Kier alpha value is -1.95. The Bertz CT molecular complexity index is 716. The highest BCUT2D eigenvalue weighted by molar-refractivity contribution is 5.87. The number of piperidine rings is 1. The summed E-state index contributed by atoms with van der Waals surface area (Å²) in [5.41, 5.74) is 1.52. The Kier molecular flexibility index (Phi) is 5.17. The first kappa shape index (κ1) is 18.4. The molecule has 0 bridgehead atoms. The van der Waals surface area contributed by atoms with Crippen molar-refractivity contribution in [2.24, 2.45) is 11.3 Å². The van der Waals surface area contributed by atoms with Gasteiger partial charge >= 0.3 is 0 Å². The Morgan fingerprint density at radius 3 is 2.85 bits per heavy atom. The largest absolute Gasteiger partial charge is 0.381 e. The van der Waals surface area contributed by atoms with E-state index < -0.39 is 0 Å². The molecule has 6 heteroatoms. The lowest BCUT2D eigenvalue weighted by atomic mass is 9.78. The molecule has 27 heavy (non-hydrogen) atoms. The molecule has 6 nitrogen and oxygen atoms in total. The zero-order valence-electron chi connectivity index (χ0n) is 16.2. The molecule has 4 rings (SSSR count). The lowest BCUT2D eigenvalue weighted by Gasteiger charge is -2.40. The maximum atomic E-state index is 13.3. The molecule has 4 heterocycles. The van der Waals surface area contributed by atoms with Crippen molar-refractivity contribution in [3.8, 4) is 0 Å². The first-order chi connectivity index (χ1) is 13.1. The average Bonchev–Trinajstić information content (AvgIpc) is 2.97. The molecule has 3 saturated heterocycles. The molecular formula is C21H29N3O3. The summed E-state index contributed by atoms with van der Waals surface area (Å²) in [5.74, 6) is 0.497. The number of aromatic nitrogens is 1. The van der Waals surface area contributed by atoms with E-state index in [9.17, 15) is 9.59 Å². The summed E-state index contributed by atoms with van der Waals surface area (Å²) in [6.45, 7) is 6.00. The number of likely N-dealkylation sites (tertiary alicyclic amines) is 2. The summed E-state index contributed by atoms with van der Waals surface area (Å²) < 4.78 is 5.39. The van der Waals surface area contributed by atoms with Crippen molar-refractivity contribution in [2.75, 3.05) is 32.8 Å². The molecule has 1 aromatic rings. The molecule has 1 aromatic heterocycles. The molecule has 1 atom stereocenters. The van der Waals surface area contributed by atoms with Gasteiger partial charge < -0.3 is 14.5 Å². The van der Waals surface area contributed by atoms with Gasteiger partial charge in [0.1, 0.15) is 0 Å². The number of rotatable bonds is 3. The second kappa shape index (κ2) is 7.58. The van der Waals surface area contributed by atoms with Crippen LogP contribution < -0.4 is 0 Å². The van der Waals surface area contributed by atoms with Crippen molar-refractivity contribution in [3.63, 3.8) is 0 Å². The van der Waals surface area contributed by atoms with Gasteiger partial charge in [-0.15, -0.1) is 0 Å². The van der Waals surface area contributed by atoms with Crippen molar-refractivity contribution >= 4 is 11.8 Å². The highest BCUT2D eigenvalue weighted by Crippen LogP contribution is 2.41. The molecule has 3 aliphatic rings. The van der Waals surface area contributed by atoms with Gasteiger partial charge in [-0.25, -0.2) is 0 Å². The van der Waals surface area contributed by atoms with Crippen LogP contribution in [0.4, 0.5) is 0 Å². The molecule has 0 aromatic carbocycles. The van der Waals surface area contributed by atoms with Crippen LogP contribution in [0.1, 0.15) is 43.5 Å². The van der Waals surface area contributed by atoms with Crippen LogP contribution >= 0.6 is 0 Å². The van der Waals surface area contributed by atoms with Crippen LogP contribution in [-0.4, -0.2) is 59.4 Å². The predicted octanol–water partition coefficient (Wildman–Crippen LogP) is 2.16. The van der Waals surface area contributed by atoms with Gasteiger partial charge in [0.2, 0.25) is 11.8 Å².